The van der Waals surface area contributed by atoms with Gasteiger partial charge in [-0.2, -0.15) is 0 Å². The molecule has 0 aromatic heterocycles. The molecule has 0 radical (unpaired) electrons. The molecule has 1 aliphatic carbocycles. The van der Waals surface area contributed by atoms with Gasteiger partial charge in [-0.25, -0.2) is 0 Å². The molecule has 2 aromatic rings. The van der Waals surface area contributed by atoms with Crippen LogP contribution in [-0.4, -0.2) is 11.7 Å². The van der Waals surface area contributed by atoms with Crippen molar-refractivity contribution >= 4 is 0 Å². The van der Waals surface area contributed by atoms with E-state index in [2.05, 4.69) is 24.3 Å². The number of aliphatic hydroxyl groups excluding tert-OH is 1. The highest BCUT2D eigenvalue weighted by molar-refractivity contribution is 5.35. The zero-order valence-electron chi connectivity index (χ0n) is 11.8. The summed E-state index contributed by atoms with van der Waals surface area (Å²) in [6.45, 7) is 2.64. The minimum atomic E-state index is -0.405. The Morgan fingerprint density at radius 1 is 1.05 bits per heavy atom. The van der Waals surface area contributed by atoms with E-state index >= 15 is 0 Å². The fourth-order valence-corrected chi connectivity index (χ4v) is 3.02. The maximum absolute atomic E-state index is 10.6. The Morgan fingerprint density at radius 3 is 2.20 bits per heavy atom. The summed E-state index contributed by atoms with van der Waals surface area (Å²) >= 11 is 0. The zero-order chi connectivity index (χ0) is 13.9. The number of ether oxygens (including phenoxy) is 1. The molecule has 0 saturated heterocycles. The summed E-state index contributed by atoms with van der Waals surface area (Å²) in [6, 6.07) is 16.3. The van der Waals surface area contributed by atoms with E-state index in [0.29, 0.717) is 6.61 Å². The predicted octanol–water partition coefficient (Wildman–Crippen LogP) is 3.53. The molecule has 1 aliphatic rings. The molecule has 1 atom stereocenters. The Hall–Kier alpha value is -1.80. The topological polar surface area (TPSA) is 29.5 Å². The molecule has 0 fully saturated rings. The van der Waals surface area contributed by atoms with Crippen LogP contribution in [-0.2, 0) is 12.8 Å². The molecule has 0 heterocycles. The Bertz CT molecular complexity index is 549. The lowest BCUT2D eigenvalue weighted by Gasteiger charge is -2.18. The first-order valence-corrected chi connectivity index (χ1v) is 7.25. The quantitative estimate of drug-likeness (QED) is 0.919. The molecular formula is C18H20O2. The first-order valence-electron chi connectivity index (χ1n) is 7.25. The van der Waals surface area contributed by atoms with Crippen LogP contribution in [0.25, 0.3) is 0 Å². The summed E-state index contributed by atoms with van der Waals surface area (Å²) in [6.07, 6.45) is 1.52. The highest BCUT2D eigenvalue weighted by Crippen LogP contribution is 2.35. The number of fused-ring (bicyclic) bond motifs is 1. The van der Waals surface area contributed by atoms with E-state index in [1.165, 1.54) is 11.1 Å². The molecular weight excluding hydrogens is 248 g/mol. The first-order chi connectivity index (χ1) is 9.78. The summed E-state index contributed by atoms with van der Waals surface area (Å²) in [7, 11) is 0. The van der Waals surface area contributed by atoms with Crippen molar-refractivity contribution in [3.8, 4) is 5.75 Å². The fraction of sp³-hybridized carbons (Fsp3) is 0.333. The molecule has 0 aliphatic heterocycles. The molecule has 0 amide bonds. The van der Waals surface area contributed by atoms with Gasteiger partial charge in [-0.05, 0) is 54.5 Å². The molecule has 0 saturated carbocycles. The van der Waals surface area contributed by atoms with Crippen LogP contribution in [0.4, 0.5) is 0 Å². The molecule has 0 spiro atoms. The molecule has 2 aromatic carbocycles. The molecule has 1 unspecified atom stereocenters. The average Bonchev–Trinajstić information content (AvgIpc) is 2.91. The SMILES string of the molecule is CCOc1ccc(C(O)C2Cc3ccccc3C2)cc1. The summed E-state index contributed by atoms with van der Waals surface area (Å²) in [5, 5.41) is 10.6. The minimum Gasteiger partial charge on any atom is -0.494 e. The highest BCUT2D eigenvalue weighted by atomic mass is 16.5. The smallest absolute Gasteiger partial charge is 0.119 e. The van der Waals surface area contributed by atoms with Gasteiger partial charge < -0.3 is 9.84 Å². The van der Waals surface area contributed by atoms with E-state index in [9.17, 15) is 5.11 Å². The Balaban J connectivity index is 1.72. The van der Waals surface area contributed by atoms with Crippen molar-refractivity contribution in [1.29, 1.82) is 0 Å². The summed E-state index contributed by atoms with van der Waals surface area (Å²) < 4.78 is 5.44. The maximum atomic E-state index is 10.6. The van der Waals surface area contributed by atoms with Crippen LogP contribution in [0, 0.1) is 5.92 Å². The van der Waals surface area contributed by atoms with Gasteiger partial charge in [-0.1, -0.05) is 36.4 Å². The van der Waals surface area contributed by atoms with Crippen LogP contribution in [0.2, 0.25) is 0 Å². The molecule has 2 nitrogen and oxygen atoms in total. The lowest BCUT2D eigenvalue weighted by molar-refractivity contribution is 0.113. The van der Waals surface area contributed by atoms with Crippen LogP contribution < -0.4 is 4.74 Å². The lowest BCUT2D eigenvalue weighted by Crippen LogP contribution is -2.12. The Labute approximate surface area is 120 Å². The van der Waals surface area contributed by atoms with E-state index in [4.69, 9.17) is 4.74 Å². The number of aliphatic hydroxyl groups is 1. The predicted molar refractivity (Wildman–Crippen MR) is 79.9 cm³/mol. The van der Waals surface area contributed by atoms with Crippen LogP contribution >= 0.6 is 0 Å². The zero-order valence-corrected chi connectivity index (χ0v) is 11.8. The molecule has 1 N–H and O–H groups in total. The standard InChI is InChI=1S/C18H20O2/c1-2-20-17-9-7-13(8-10-17)18(19)16-11-14-5-3-4-6-15(14)12-16/h3-10,16,18-19H,2,11-12H2,1H3. The molecule has 2 heteroatoms. The van der Waals surface area contributed by atoms with Gasteiger partial charge >= 0.3 is 0 Å². The van der Waals surface area contributed by atoms with Crippen LogP contribution in [0.3, 0.4) is 0 Å². The van der Waals surface area contributed by atoms with Crippen LogP contribution in [0.5, 0.6) is 5.75 Å². The normalized spacial score (nSPS) is 15.9. The molecule has 104 valence electrons. The maximum Gasteiger partial charge on any atom is 0.119 e. The van der Waals surface area contributed by atoms with Gasteiger partial charge in [0.05, 0.1) is 12.7 Å². The number of rotatable bonds is 4. The Morgan fingerprint density at radius 2 is 1.65 bits per heavy atom. The molecule has 20 heavy (non-hydrogen) atoms. The summed E-state index contributed by atoms with van der Waals surface area (Å²) in [5.74, 6) is 1.14. The van der Waals surface area contributed by atoms with Gasteiger partial charge in [0, 0.05) is 0 Å². The van der Waals surface area contributed by atoms with Crippen molar-refractivity contribution in [2.45, 2.75) is 25.9 Å². The van der Waals surface area contributed by atoms with Gasteiger partial charge in [-0.3, -0.25) is 0 Å². The van der Waals surface area contributed by atoms with Crippen molar-refractivity contribution in [3.63, 3.8) is 0 Å². The van der Waals surface area contributed by atoms with E-state index in [1.807, 2.05) is 31.2 Å². The summed E-state index contributed by atoms with van der Waals surface area (Å²) in [5.41, 5.74) is 3.73. The Kier molecular flexibility index (Phi) is 3.75. The van der Waals surface area contributed by atoms with Crippen molar-refractivity contribution in [2.75, 3.05) is 6.61 Å². The van der Waals surface area contributed by atoms with E-state index in [0.717, 1.165) is 24.2 Å². The van der Waals surface area contributed by atoms with Gasteiger partial charge in [0.1, 0.15) is 5.75 Å². The lowest BCUT2D eigenvalue weighted by atomic mass is 9.93. The van der Waals surface area contributed by atoms with Crippen molar-refractivity contribution in [1.82, 2.24) is 0 Å². The van der Waals surface area contributed by atoms with Gasteiger partial charge in [0.2, 0.25) is 0 Å². The second-order valence-corrected chi connectivity index (χ2v) is 5.38. The van der Waals surface area contributed by atoms with Crippen molar-refractivity contribution in [3.05, 3.63) is 65.2 Å². The molecule has 0 bridgehead atoms. The third-order valence-corrected chi connectivity index (χ3v) is 4.06. The van der Waals surface area contributed by atoms with Gasteiger partial charge in [0.15, 0.2) is 0 Å². The second kappa shape index (κ2) is 5.68. The first kappa shape index (κ1) is 13.2. The minimum absolute atomic E-state index is 0.283. The van der Waals surface area contributed by atoms with Crippen molar-refractivity contribution < 1.29 is 9.84 Å². The second-order valence-electron chi connectivity index (χ2n) is 5.38. The third-order valence-electron chi connectivity index (χ3n) is 4.06. The van der Waals surface area contributed by atoms with E-state index in [1.54, 1.807) is 0 Å². The van der Waals surface area contributed by atoms with E-state index in [-0.39, 0.29) is 5.92 Å². The van der Waals surface area contributed by atoms with Gasteiger partial charge in [0.25, 0.3) is 0 Å². The number of hydrogen-bond acceptors (Lipinski definition) is 2. The molecule has 3 rings (SSSR count). The largest absolute Gasteiger partial charge is 0.494 e. The van der Waals surface area contributed by atoms with Gasteiger partial charge in [-0.15, -0.1) is 0 Å². The van der Waals surface area contributed by atoms with E-state index < -0.39 is 6.10 Å². The average molecular weight is 268 g/mol. The number of benzene rings is 2. The van der Waals surface area contributed by atoms with Crippen molar-refractivity contribution in [2.24, 2.45) is 5.92 Å². The summed E-state index contributed by atoms with van der Waals surface area (Å²) in [4.78, 5) is 0. The van der Waals surface area contributed by atoms with Crippen LogP contribution in [0.1, 0.15) is 29.7 Å². The third kappa shape index (κ3) is 2.56. The fourth-order valence-electron chi connectivity index (χ4n) is 3.02. The number of hydrogen-bond donors (Lipinski definition) is 1. The highest BCUT2D eigenvalue weighted by Gasteiger charge is 2.28. The monoisotopic (exact) mass is 268 g/mol. The van der Waals surface area contributed by atoms with Crippen LogP contribution in [0.15, 0.2) is 48.5 Å².